The number of rotatable bonds is 6. The molecule has 0 bridgehead atoms. The van der Waals surface area contributed by atoms with Crippen LogP contribution in [0, 0.1) is 11.8 Å². The van der Waals surface area contributed by atoms with Crippen molar-refractivity contribution in [3.8, 4) is 0 Å². The number of aryl methyl sites for hydroxylation is 1. The normalized spacial score (nSPS) is 26.7. The Morgan fingerprint density at radius 3 is 2.50 bits per heavy atom. The van der Waals surface area contributed by atoms with Gasteiger partial charge in [-0.1, -0.05) is 38.8 Å². The number of hydrogen-bond acceptors (Lipinski definition) is 4. The van der Waals surface area contributed by atoms with Gasteiger partial charge in [0.15, 0.2) is 0 Å². The number of ether oxygens (including phenoxy) is 1. The molecule has 7 heteroatoms. The molecule has 28 heavy (non-hydrogen) atoms. The Bertz CT molecular complexity index is 757. The van der Waals surface area contributed by atoms with E-state index in [1.165, 1.54) is 17.1 Å². The van der Waals surface area contributed by atoms with Crippen molar-refractivity contribution in [3.05, 3.63) is 29.8 Å². The molecule has 1 saturated heterocycles. The second kappa shape index (κ2) is 9.37. The molecule has 0 radical (unpaired) electrons. The Hall–Kier alpha value is -1.44. The Kier molecular flexibility index (Phi) is 7.12. The lowest BCUT2D eigenvalue weighted by atomic mass is 9.78. The van der Waals surface area contributed by atoms with Gasteiger partial charge in [0.1, 0.15) is 0 Å². The molecule has 1 aromatic rings. The number of hydrogen-bond donors (Lipinski definition) is 1. The summed E-state index contributed by atoms with van der Waals surface area (Å²) in [5.41, 5.74) is 0.973. The standard InChI is InChI=1S/C21H32N2O4S/c1-16-4-3-5-20(17(16)2)22-21(24)11-8-18-6-9-19(10-7-18)28(25,26)23-12-14-27-15-13-23/h6-7,9-10,16-17,20H,3-5,8,11-15H2,1-2H3,(H,22,24)/t16-,17-,20+/m1/s1. The quantitative estimate of drug-likeness (QED) is 0.785. The van der Waals surface area contributed by atoms with Crippen LogP contribution in [-0.4, -0.2) is 51.0 Å². The van der Waals surface area contributed by atoms with Crippen molar-refractivity contribution in [2.45, 2.75) is 56.9 Å². The number of morpholine rings is 1. The largest absolute Gasteiger partial charge is 0.379 e. The maximum Gasteiger partial charge on any atom is 0.243 e. The molecule has 3 rings (SSSR count). The van der Waals surface area contributed by atoms with Gasteiger partial charge in [-0.05, 0) is 42.4 Å². The highest BCUT2D eigenvalue weighted by Gasteiger charge is 2.28. The minimum atomic E-state index is -3.47. The van der Waals surface area contributed by atoms with Crippen molar-refractivity contribution in [3.63, 3.8) is 0 Å². The molecular formula is C21H32N2O4S. The zero-order chi connectivity index (χ0) is 20.1. The molecule has 0 unspecified atom stereocenters. The average Bonchev–Trinajstić information content (AvgIpc) is 2.71. The molecule has 156 valence electrons. The Morgan fingerprint density at radius 1 is 1.14 bits per heavy atom. The fraction of sp³-hybridized carbons (Fsp3) is 0.667. The van der Waals surface area contributed by atoms with Crippen LogP contribution in [0.1, 0.15) is 45.1 Å². The van der Waals surface area contributed by atoms with E-state index in [1.807, 2.05) is 12.1 Å². The fourth-order valence-electron chi connectivity index (χ4n) is 4.09. The van der Waals surface area contributed by atoms with Gasteiger partial charge >= 0.3 is 0 Å². The number of carbonyl (C=O) groups excluding carboxylic acids is 1. The van der Waals surface area contributed by atoms with E-state index in [0.717, 1.165) is 12.0 Å². The minimum absolute atomic E-state index is 0.0796. The Morgan fingerprint density at radius 2 is 1.82 bits per heavy atom. The summed E-state index contributed by atoms with van der Waals surface area (Å²) in [6.45, 7) is 6.14. The van der Waals surface area contributed by atoms with Crippen LogP contribution < -0.4 is 5.32 Å². The van der Waals surface area contributed by atoms with Crippen molar-refractivity contribution in [2.24, 2.45) is 11.8 Å². The van der Waals surface area contributed by atoms with Crippen LogP contribution in [0.25, 0.3) is 0 Å². The molecule has 0 spiro atoms. The van der Waals surface area contributed by atoms with Gasteiger partial charge in [0.05, 0.1) is 18.1 Å². The van der Waals surface area contributed by atoms with Gasteiger partial charge in [-0.2, -0.15) is 4.31 Å². The molecule has 1 heterocycles. The lowest BCUT2D eigenvalue weighted by Gasteiger charge is -2.34. The van der Waals surface area contributed by atoms with Crippen molar-refractivity contribution in [2.75, 3.05) is 26.3 Å². The second-order valence-corrected chi connectivity index (χ2v) is 10.0. The third-order valence-corrected chi connectivity index (χ3v) is 8.14. The lowest BCUT2D eigenvalue weighted by molar-refractivity contribution is -0.122. The summed E-state index contributed by atoms with van der Waals surface area (Å²) in [6.07, 6.45) is 4.52. The molecule has 0 aromatic heterocycles. The van der Waals surface area contributed by atoms with Crippen LogP contribution in [-0.2, 0) is 26.0 Å². The summed E-state index contributed by atoms with van der Waals surface area (Å²) in [6, 6.07) is 7.18. The van der Waals surface area contributed by atoms with Gasteiger partial charge in [0.2, 0.25) is 15.9 Å². The van der Waals surface area contributed by atoms with Crippen LogP contribution in [0.3, 0.4) is 0 Å². The Labute approximate surface area is 168 Å². The first kappa shape index (κ1) is 21.3. The number of nitrogens with zero attached hydrogens (tertiary/aromatic N) is 1. The molecule has 1 aliphatic carbocycles. The van der Waals surface area contributed by atoms with E-state index < -0.39 is 10.0 Å². The van der Waals surface area contributed by atoms with Crippen LogP contribution in [0.15, 0.2) is 29.2 Å². The zero-order valence-corrected chi connectivity index (χ0v) is 17.7. The van der Waals surface area contributed by atoms with Crippen molar-refractivity contribution in [1.29, 1.82) is 0 Å². The molecule has 1 saturated carbocycles. The van der Waals surface area contributed by atoms with E-state index >= 15 is 0 Å². The van der Waals surface area contributed by atoms with Crippen LogP contribution in [0.2, 0.25) is 0 Å². The summed E-state index contributed by atoms with van der Waals surface area (Å²) in [5.74, 6) is 1.25. The highest BCUT2D eigenvalue weighted by Crippen LogP contribution is 2.29. The van der Waals surface area contributed by atoms with E-state index in [0.29, 0.717) is 55.9 Å². The van der Waals surface area contributed by atoms with E-state index in [1.54, 1.807) is 12.1 Å². The van der Waals surface area contributed by atoms with Crippen LogP contribution in [0.4, 0.5) is 0 Å². The third-order valence-electron chi connectivity index (χ3n) is 6.23. The SMILES string of the molecule is C[C@@H]1[C@H](C)CCC[C@@H]1NC(=O)CCc1ccc(S(=O)(=O)N2CCOCC2)cc1. The molecule has 2 aliphatic rings. The van der Waals surface area contributed by atoms with Gasteiger partial charge in [-0.25, -0.2) is 8.42 Å². The molecule has 6 nitrogen and oxygen atoms in total. The second-order valence-electron chi connectivity index (χ2n) is 8.10. The van der Waals surface area contributed by atoms with Crippen LogP contribution >= 0.6 is 0 Å². The predicted molar refractivity (Wildman–Crippen MR) is 108 cm³/mol. The van der Waals surface area contributed by atoms with Crippen LogP contribution in [0.5, 0.6) is 0 Å². The van der Waals surface area contributed by atoms with Gasteiger partial charge < -0.3 is 10.1 Å². The third kappa shape index (κ3) is 5.13. The topological polar surface area (TPSA) is 75.7 Å². The smallest absolute Gasteiger partial charge is 0.243 e. The average molecular weight is 409 g/mol. The highest BCUT2D eigenvalue weighted by molar-refractivity contribution is 7.89. The fourth-order valence-corrected chi connectivity index (χ4v) is 5.49. The minimum Gasteiger partial charge on any atom is -0.379 e. The first-order chi connectivity index (χ1) is 13.4. The summed E-state index contributed by atoms with van der Waals surface area (Å²) in [5, 5.41) is 3.19. The molecule has 1 aliphatic heterocycles. The number of carbonyl (C=O) groups is 1. The van der Waals surface area contributed by atoms with Gasteiger partial charge in [-0.3, -0.25) is 4.79 Å². The first-order valence-electron chi connectivity index (χ1n) is 10.3. The van der Waals surface area contributed by atoms with Crippen molar-refractivity contribution < 1.29 is 17.9 Å². The van der Waals surface area contributed by atoms with Gasteiger partial charge in [0, 0.05) is 25.6 Å². The van der Waals surface area contributed by atoms with Gasteiger partial charge in [0.25, 0.3) is 0 Å². The Balaban J connectivity index is 1.52. The number of nitrogens with one attached hydrogen (secondary N) is 1. The summed E-state index contributed by atoms with van der Waals surface area (Å²) in [7, 11) is -3.47. The highest BCUT2D eigenvalue weighted by atomic mass is 32.2. The van der Waals surface area contributed by atoms with Crippen molar-refractivity contribution in [1.82, 2.24) is 9.62 Å². The molecule has 1 amide bonds. The lowest BCUT2D eigenvalue weighted by Crippen LogP contribution is -2.43. The molecule has 3 atom stereocenters. The molecule has 1 aromatic carbocycles. The van der Waals surface area contributed by atoms with E-state index in [-0.39, 0.29) is 11.9 Å². The first-order valence-corrected chi connectivity index (χ1v) is 11.8. The molecule has 1 N–H and O–H groups in total. The molecule has 2 fully saturated rings. The van der Waals surface area contributed by atoms with E-state index in [9.17, 15) is 13.2 Å². The number of benzene rings is 1. The zero-order valence-electron chi connectivity index (χ0n) is 16.9. The summed E-state index contributed by atoms with van der Waals surface area (Å²) >= 11 is 0. The van der Waals surface area contributed by atoms with Crippen molar-refractivity contribution >= 4 is 15.9 Å². The van der Waals surface area contributed by atoms with E-state index in [4.69, 9.17) is 4.74 Å². The maximum atomic E-state index is 12.6. The molecular weight excluding hydrogens is 376 g/mol. The predicted octanol–water partition coefficient (Wildman–Crippen LogP) is 2.58. The number of amides is 1. The number of sulfonamides is 1. The summed E-state index contributed by atoms with van der Waals surface area (Å²) < 4.78 is 32.0. The monoisotopic (exact) mass is 408 g/mol. The summed E-state index contributed by atoms with van der Waals surface area (Å²) in [4.78, 5) is 12.6. The maximum absolute atomic E-state index is 12.6. The van der Waals surface area contributed by atoms with Gasteiger partial charge in [-0.15, -0.1) is 0 Å². The van der Waals surface area contributed by atoms with E-state index in [2.05, 4.69) is 19.2 Å².